The molecule has 2 aliphatic heterocycles. The second kappa shape index (κ2) is 10.1. The standard InChI is InChI=1S/C28H27NO5S2/c1-21-19-33-27(30)29-18-26(17-25(29)20-34-36(21,31)32)35-28(22-11-5-2-6-12-22,23-13-7-3-8-14-23)24-15-9-4-10-16-24/h2-16,25-26H,1,17-20H2/t25-,26-/m0/s1. The number of hydrogen-bond acceptors (Lipinski definition) is 6. The van der Waals surface area contributed by atoms with E-state index < -0.39 is 33.6 Å². The Morgan fingerprint density at radius 1 is 0.861 bits per heavy atom. The third-order valence-electron chi connectivity index (χ3n) is 6.62. The Bertz CT molecular complexity index is 1230. The summed E-state index contributed by atoms with van der Waals surface area (Å²) in [5, 5.41) is -0.00268. The largest absolute Gasteiger partial charge is 0.444 e. The Hall–Kier alpha value is -3.07. The Kier molecular flexibility index (Phi) is 6.92. The van der Waals surface area contributed by atoms with Crippen LogP contribution in [0.2, 0.25) is 0 Å². The number of benzene rings is 3. The molecular formula is C28H27NO5S2. The van der Waals surface area contributed by atoms with Crippen LogP contribution in [0, 0.1) is 0 Å². The number of carbonyl (C=O) groups excluding carboxylic acids is 1. The van der Waals surface area contributed by atoms with E-state index in [-0.39, 0.29) is 16.8 Å². The summed E-state index contributed by atoms with van der Waals surface area (Å²) in [6.45, 7) is 3.37. The van der Waals surface area contributed by atoms with Crippen LogP contribution in [0.15, 0.2) is 102 Å². The lowest BCUT2D eigenvalue weighted by molar-refractivity contribution is 0.101. The van der Waals surface area contributed by atoms with Gasteiger partial charge in [-0.3, -0.25) is 4.18 Å². The molecule has 6 nitrogen and oxygen atoms in total. The van der Waals surface area contributed by atoms with Crippen molar-refractivity contribution in [2.75, 3.05) is 19.8 Å². The average Bonchev–Trinajstić information content (AvgIpc) is 3.33. The van der Waals surface area contributed by atoms with E-state index in [9.17, 15) is 13.2 Å². The van der Waals surface area contributed by atoms with E-state index in [2.05, 4.69) is 43.0 Å². The van der Waals surface area contributed by atoms with Gasteiger partial charge in [0.05, 0.1) is 17.4 Å². The quantitative estimate of drug-likeness (QED) is 0.341. The van der Waals surface area contributed by atoms with Gasteiger partial charge in [-0.05, 0) is 23.1 Å². The van der Waals surface area contributed by atoms with Crippen LogP contribution >= 0.6 is 11.8 Å². The van der Waals surface area contributed by atoms with Crippen LogP contribution in [-0.2, 0) is 23.8 Å². The Morgan fingerprint density at radius 2 is 1.36 bits per heavy atom. The fourth-order valence-corrected chi connectivity index (χ4v) is 7.44. The minimum atomic E-state index is -3.99. The Balaban J connectivity index is 1.55. The number of amides is 1. The van der Waals surface area contributed by atoms with Crippen molar-refractivity contribution in [2.45, 2.75) is 22.5 Å². The Labute approximate surface area is 216 Å². The summed E-state index contributed by atoms with van der Waals surface area (Å²) in [5.74, 6) is 0. The van der Waals surface area contributed by atoms with Gasteiger partial charge in [0.25, 0.3) is 10.1 Å². The van der Waals surface area contributed by atoms with Crippen molar-refractivity contribution >= 4 is 28.0 Å². The van der Waals surface area contributed by atoms with Gasteiger partial charge in [-0.15, -0.1) is 11.8 Å². The third-order valence-corrected chi connectivity index (χ3v) is 9.63. The number of carbonyl (C=O) groups is 1. The molecule has 2 saturated heterocycles. The molecule has 0 bridgehead atoms. The van der Waals surface area contributed by atoms with Crippen LogP contribution < -0.4 is 0 Å². The number of fused-ring (bicyclic) bond motifs is 1. The summed E-state index contributed by atoms with van der Waals surface area (Å²) in [4.78, 5) is 14.2. The van der Waals surface area contributed by atoms with Gasteiger partial charge in [-0.1, -0.05) is 97.6 Å². The van der Waals surface area contributed by atoms with Crippen molar-refractivity contribution in [3.8, 4) is 0 Å². The summed E-state index contributed by atoms with van der Waals surface area (Å²) in [6.07, 6.45) is 0.0189. The lowest BCUT2D eigenvalue weighted by Gasteiger charge is -2.37. The molecule has 0 spiro atoms. The molecule has 8 heteroatoms. The number of nitrogens with zero attached hydrogens (tertiary/aromatic N) is 1. The summed E-state index contributed by atoms with van der Waals surface area (Å²) < 4.78 is 34.6. The maximum Gasteiger partial charge on any atom is 0.410 e. The van der Waals surface area contributed by atoms with Gasteiger partial charge in [0, 0.05) is 11.8 Å². The smallest absolute Gasteiger partial charge is 0.410 e. The molecule has 2 aliphatic rings. The summed E-state index contributed by atoms with van der Waals surface area (Å²) >= 11 is 1.77. The van der Waals surface area contributed by atoms with Crippen molar-refractivity contribution in [1.29, 1.82) is 0 Å². The van der Waals surface area contributed by atoms with Gasteiger partial charge < -0.3 is 9.64 Å². The molecule has 0 unspecified atom stereocenters. The minimum Gasteiger partial charge on any atom is -0.444 e. The van der Waals surface area contributed by atoms with Gasteiger partial charge in [-0.2, -0.15) is 8.42 Å². The molecule has 0 aromatic heterocycles. The van der Waals surface area contributed by atoms with E-state index >= 15 is 0 Å². The molecule has 0 aliphatic carbocycles. The molecule has 2 fully saturated rings. The maximum atomic E-state index is 12.9. The molecule has 3 aromatic rings. The first-order chi connectivity index (χ1) is 17.4. The van der Waals surface area contributed by atoms with Gasteiger partial charge in [0.15, 0.2) is 0 Å². The topological polar surface area (TPSA) is 72.9 Å². The normalized spacial score (nSPS) is 22.2. The predicted octanol–water partition coefficient (Wildman–Crippen LogP) is 5.16. The number of hydrogen-bond donors (Lipinski definition) is 0. The first-order valence-electron chi connectivity index (χ1n) is 11.7. The van der Waals surface area contributed by atoms with E-state index in [1.165, 1.54) is 0 Å². The van der Waals surface area contributed by atoms with Crippen LogP contribution in [0.25, 0.3) is 0 Å². The molecule has 3 aromatic carbocycles. The van der Waals surface area contributed by atoms with Crippen molar-refractivity contribution in [2.24, 2.45) is 0 Å². The maximum absolute atomic E-state index is 12.9. The average molecular weight is 522 g/mol. The van der Waals surface area contributed by atoms with Gasteiger partial charge in [0.1, 0.15) is 11.5 Å². The highest BCUT2D eigenvalue weighted by atomic mass is 32.2. The number of ether oxygens (including phenoxy) is 1. The summed E-state index contributed by atoms with van der Waals surface area (Å²) in [7, 11) is -3.99. The van der Waals surface area contributed by atoms with Crippen LogP contribution in [0.1, 0.15) is 23.1 Å². The second-order valence-electron chi connectivity index (χ2n) is 8.89. The molecule has 0 saturated carbocycles. The zero-order valence-electron chi connectivity index (χ0n) is 19.7. The van der Waals surface area contributed by atoms with Gasteiger partial charge in [0.2, 0.25) is 0 Å². The number of rotatable bonds is 5. The highest BCUT2D eigenvalue weighted by Gasteiger charge is 2.45. The van der Waals surface area contributed by atoms with Crippen LogP contribution in [0.5, 0.6) is 0 Å². The van der Waals surface area contributed by atoms with E-state index in [1.54, 1.807) is 16.7 Å². The van der Waals surface area contributed by atoms with Gasteiger partial charge >= 0.3 is 6.09 Å². The highest BCUT2D eigenvalue weighted by molar-refractivity contribution is 8.01. The SMILES string of the molecule is C=C1COC(=O)N2C[C@@H](SC(c3ccccc3)(c3ccccc3)c3ccccc3)C[C@H]2COS1(=O)=O. The van der Waals surface area contributed by atoms with Crippen molar-refractivity contribution < 1.29 is 22.1 Å². The predicted molar refractivity (Wildman–Crippen MR) is 141 cm³/mol. The van der Waals surface area contributed by atoms with Crippen molar-refractivity contribution in [3.05, 3.63) is 119 Å². The number of thioether (sulfide) groups is 1. The van der Waals surface area contributed by atoms with Gasteiger partial charge in [-0.25, -0.2) is 4.79 Å². The third kappa shape index (κ3) is 4.68. The lowest BCUT2D eigenvalue weighted by Crippen LogP contribution is -2.38. The minimum absolute atomic E-state index is 0.00268. The first-order valence-corrected chi connectivity index (χ1v) is 14.0. The fourth-order valence-electron chi connectivity index (χ4n) is 4.86. The molecule has 1 amide bonds. The second-order valence-corrected chi connectivity index (χ2v) is 12.1. The molecule has 186 valence electrons. The van der Waals surface area contributed by atoms with E-state index in [0.29, 0.717) is 13.0 Å². The lowest BCUT2D eigenvalue weighted by atomic mass is 9.84. The molecule has 2 atom stereocenters. The molecule has 2 heterocycles. The van der Waals surface area contributed by atoms with Crippen molar-refractivity contribution in [1.82, 2.24) is 4.90 Å². The van der Waals surface area contributed by atoms with Crippen LogP contribution in [0.3, 0.4) is 0 Å². The summed E-state index contributed by atoms with van der Waals surface area (Å²) in [5.41, 5.74) is 3.38. The van der Waals surface area contributed by atoms with Crippen LogP contribution in [-0.4, -0.2) is 50.5 Å². The zero-order valence-corrected chi connectivity index (χ0v) is 21.3. The van der Waals surface area contributed by atoms with E-state index in [4.69, 9.17) is 8.92 Å². The number of cyclic esters (lactones) is 1. The van der Waals surface area contributed by atoms with E-state index in [1.807, 2.05) is 54.6 Å². The summed E-state index contributed by atoms with van der Waals surface area (Å²) in [6, 6.07) is 30.6. The van der Waals surface area contributed by atoms with Crippen molar-refractivity contribution in [3.63, 3.8) is 0 Å². The first kappa shape index (κ1) is 24.6. The molecular weight excluding hydrogens is 494 g/mol. The molecule has 0 radical (unpaired) electrons. The highest BCUT2D eigenvalue weighted by Crippen LogP contribution is 2.52. The molecule has 0 N–H and O–H groups in total. The fraction of sp³-hybridized carbons (Fsp3) is 0.250. The zero-order chi connectivity index (χ0) is 25.2. The molecule has 36 heavy (non-hydrogen) atoms. The molecule has 5 rings (SSSR count). The Morgan fingerprint density at radius 3 is 1.86 bits per heavy atom. The van der Waals surface area contributed by atoms with Crippen LogP contribution in [0.4, 0.5) is 4.79 Å². The monoisotopic (exact) mass is 521 g/mol. The van der Waals surface area contributed by atoms with E-state index in [0.717, 1.165) is 16.7 Å².